The Kier molecular flexibility index (Phi) is 3.97. The number of aromatic nitrogens is 1. The van der Waals surface area contributed by atoms with Crippen molar-refractivity contribution in [3.63, 3.8) is 0 Å². The van der Waals surface area contributed by atoms with Gasteiger partial charge >= 0.3 is 0 Å². The van der Waals surface area contributed by atoms with Gasteiger partial charge in [-0.15, -0.1) is 0 Å². The second-order valence-corrected chi connectivity index (χ2v) is 10.6. The first-order chi connectivity index (χ1) is 11.5. The molecular formula is C19H22ClN3S. The van der Waals surface area contributed by atoms with Crippen LogP contribution in [0.2, 0.25) is 5.02 Å². The average molecular weight is 360 g/mol. The highest BCUT2D eigenvalue weighted by molar-refractivity contribution is 8.38. The number of likely N-dealkylation sites (N-methyl/N-ethyl adjacent to an activating group) is 1. The Morgan fingerprint density at radius 2 is 2.08 bits per heavy atom. The topological polar surface area (TPSA) is 19.4 Å². The van der Waals surface area contributed by atoms with E-state index in [2.05, 4.69) is 53.0 Å². The first kappa shape index (κ1) is 15.9. The van der Waals surface area contributed by atoms with Crippen molar-refractivity contribution < 1.29 is 0 Å². The van der Waals surface area contributed by atoms with E-state index in [1.165, 1.54) is 0 Å². The first-order valence-electron chi connectivity index (χ1n) is 8.16. The molecular weight excluding hydrogens is 338 g/mol. The monoisotopic (exact) mass is 359 g/mol. The van der Waals surface area contributed by atoms with Crippen LogP contribution >= 0.6 is 21.6 Å². The minimum absolute atomic E-state index is 0.743. The summed E-state index contributed by atoms with van der Waals surface area (Å²) in [7, 11) is 1.40. The number of pyridine rings is 1. The molecule has 0 radical (unpaired) electrons. The predicted molar refractivity (Wildman–Crippen MR) is 105 cm³/mol. The van der Waals surface area contributed by atoms with Gasteiger partial charge in [-0.3, -0.25) is 4.98 Å². The van der Waals surface area contributed by atoms with Gasteiger partial charge in [0.2, 0.25) is 0 Å². The van der Waals surface area contributed by atoms with Gasteiger partial charge in [-0.2, -0.15) is 10.0 Å². The van der Waals surface area contributed by atoms with Gasteiger partial charge in [-0.1, -0.05) is 23.7 Å². The van der Waals surface area contributed by atoms with Crippen LogP contribution in [0.3, 0.4) is 0 Å². The Morgan fingerprint density at radius 1 is 1.25 bits per heavy atom. The lowest BCUT2D eigenvalue weighted by Crippen LogP contribution is -2.22. The number of benzene rings is 1. The highest BCUT2D eigenvalue weighted by atomic mass is 35.5. The third kappa shape index (κ3) is 3.01. The van der Waals surface area contributed by atoms with Crippen molar-refractivity contribution in [3.8, 4) is 0 Å². The zero-order valence-corrected chi connectivity index (χ0v) is 15.6. The van der Waals surface area contributed by atoms with Gasteiger partial charge in [0.05, 0.1) is 11.4 Å². The summed E-state index contributed by atoms with van der Waals surface area (Å²) in [5, 5.41) is 4.30. The molecule has 3 nitrogen and oxygen atoms in total. The maximum Gasteiger partial charge on any atom is 0.0720 e. The molecule has 2 aliphatic rings. The van der Waals surface area contributed by atoms with E-state index < -0.39 is 10.0 Å². The summed E-state index contributed by atoms with van der Waals surface area (Å²) in [6.45, 7) is 2.08. The Hall–Kier alpha value is -1.65. The van der Waals surface area contributed by atoms with Crippen LogP contribution in [0.25, 0.3) is 10.9 Å². The molecule has 0 amide bonds. The van der Waals surface area contributed by atoms with Crippen molar-refractivity contribution in [2.24, 2.45) is 0 Å². The smallest absolute Gasteiger partial charge is 0.0720 e. The van der Waals surface area contributed by atoms with E-state index in [0.29, 0.717) is 0 Å². The van der Waals surface area contributed by atoms with E-state index in [9.17, 15) is 0 Å². The van der Waals surface area contributed by atoms with Gasteiger partial charge in [-0.05, 0) is 29.9 Å². The molecule has 3 heterocycles. The maximum atomic E-state index is 6.09. The molecule has 0 bridgehead atoms. The second kappa shape index (κ2) is 6.01. The number of fused-ring (bicyclic) bond motifs is 2. The molecule has 0 spiro atoms. The predicted octanol–water partition coefficient (Wildman–Crippen LogP) is 4.40. The van der Waals surface area contributed by atoms with Crippen molar-refractivity contribution in [1.29, 1.82) is 0 Å². The van der Waals surface area contributed by atoms with Gasteiger partial charge < -0.3 is 9.80 Å². The zero-order chi connectivity index (χ0) is 16.7. The molecule has 5 heteroatoms. The van der Waals surface area contributed by atoms with Gasteiger partial charge in [-0.25, -0.2) is 0 Å². The number of hydrogen-bond acceptors (Lipinski definition) is 3. The van der Waals surface area contributed by atoms with Crippen LogP contribution in [0.4, 0.5) is 0 Å². The molecule has 4 rings (SSSR count). The van der Waals surface area contributed by atoms with E-state index in [0.717, 1.165) is 47.0 Å². The summed E-state index contributed by atoms with van der Waals surface area (Å²) in [6.07, 6.45) is 8.00. The normalized spacial score (nSPS) is 25.5. The molecule has 126 valence electrons. The van der Waals surface area contributed by atoms with Crippen molar-refractivity contribution in [2.75, 3.05) is 32.3 Å². The molecule has 1 atom stereocenters. The largest absolute Gasteiger partial charge is 0.375 e. The van der Waals surface area contributed by atoms with E-state index >= 15 is 0 Å². The van der Waals surface area contributed by atoms with Gasteiger partial charge in [0.1, 0.15) is 0 Å². The van der Waals surface area contributed by atoms with Gasteiger partial charge in [0, 0.05) is 60.0 Å². The molecule has 0 saturated carbocycles. The Labute approximate surface area is 149 Å². The lowest BCUT2D eigenvalue weighted by molar-refractivity contribution is 0.443. The molecule has 0 aliphatic carbocycles. The van der Waals surface area contributed by atoms with Crippen LogP contribution < -0.4 is 0 Å². The minimum Gasteiger partial charge on any atom is -0.375 e. The lowest BCUT2D eigenvalue weighted by atomic mass is 10.2. The molecule has 1 unspecified atom stereocenters. The van der Waals surface area contributed by atoms with Crippen LogP contribution in [-0.2, 0) is 6.42 Å². The van der Waals surface area contributed by atoms with Gasteiger partial charge in [0.25, 0.3) is 0 Å². The number of hydrogen-bond donors (Lipinski definition) is 0. The first-order valence-corrected chi connectivity index (χ1v) is 10.8. The van der Waals surface area contributed by atoms with E-state index in [1.54, 1.807) is 4.91 Å². The molecule has 24 heavy (non-hydrogen) atoms. The van der Waals surface area contributed by atoms with E-state index in [-0.39, 0.29) is 0 Å². The Bertz CT molecular complexity index is 848. The third-order valence-corrected chi connectivity index (χ3v) is 8.01. The third-order valence-electron chi connectivity index (χ3n) is 4.75. The van der Waals surface area contributed by atoms with E-state index in [1.807, 2.05) is 18.2 Å². The fourth-order valence-electron chi connectivity index (χ4n) is 3.30. The fraction of sp³-hybridized carbons (Fsp3) is 0.316. The molecule has 1 aromatic heterocycles. The van der Waals surface area contributed by atoms with Gasteiger partial charge in [0.15, 0.2) is 0 Å². The highest BCUT2D eigenvalue weighted by Crippen LogP contribution is 2.59. The molecule has 0 N–H and O–H groups in total. The van der Waals surface area contributed by atoms with Crippen LogP contribution in [0, 0.1) is 0 Å². The molecule has 2 aromatic rings. The zero-order valence-electron chi connectivity index (χ0n) is 14.1. The number of halogens is 1. The van der Waals surface area contributed by atoms with E-state index in [4.69, 9.17) is 16.6 Å². The maximum absolute atomic E-state index is 6.09. The molecule has 2 aliphatic heterocycles. The average Bonchev–Trinajstić information content (AvgIpc) is 2.88. The standard InChI is InChI=1S/C19H22ClN3S/c1-22-9-10-24(2)14-23(13-18(24)12-22)8-7-17-6-4-15-3-5-16(20)11-19(15)21-17/h3-6,9-11,13H,7-8,12,14H2,1-2H3. The van der Waals surface area contributed by atoms with Crippen LogP contribution in [0.1, 0.15) is 5.69 Å². The second-order valence-electron chi connectivity index (χ2n) is 6.78. The molecule has 0 saturated heterocycles. The summed E-state index contributed by atoms with van der Waals surface area (Å²) in [4.78, 5) is 11.1. The quantitative estimate of drug-likeness (QED) is 0.809. The SMILES string of the molecule is CN1C=CS2(C)CN(CCc3ccc4ccc(Cl)cc4n3)C=C2C1. The van der Waals surface area contributed by atoms with Crippen molar-refractivity contribution in [2.45, 2.75) is 6.42 Å². The van der Waals surface area contributed by atoms with Crippen LogP contribution in [-0.4, -0.2) is 47.1 Å². The summed E-state index contributed by atoms with van der Waals surface area (Å²) in [5.74, 6) is 1.14. The molecule has 1 aromatic carbocycles. The Balaban J connectivity index is 1.47. The Morgan fingerprint density at radius 3 is 2.96 bits per heavy atom. The fourth-order valence-corrected chi connectivity index (χ4v) is 6.15. The minimum atomic E-state index is -0.746. The summed E-state index contributed by atoms with van der Waals surface area (Å²) >= 11 is 6.09. The molecule has 0 fully saturated rings. The van der Waals surface area contributed by atoms with Crippen LogP contribution in [0.15, 0.2) is 53.0 Å². The lowest BCUT2D eigenvalue weighted by Gasteiger charge is -2.37. The summed E-state index contributed by atoms with van der Waals surface area (Å²) in [6, 6.07) is 10.2. The summed E-state index contributed by atoms with van der Waals surface area (Å²) in [5.41, 5.74) is 2.11. The van der Waals surface area contributed by atoms with Crippen LogP contribution in [0.5, 0.6) is 0 Å². The highest BCUT2D eigenvalue weighted by Gasteiger charge is 2.31. The summed E-state index contributed by atoms with van der Waals surface area (Å²) < 4.78 is 0. The number of nitrogens with zero attached hydrogens (tertiary/aromatic N) is 3. The van der Waals surface area contributed by atoms with Crippen molar-refractivity contribution >= 4 is 32.5 Å². The van der Waals surface area contributed by atoms with Crippen molar-refractivity contribution in [1.82, 2.24) is 14.8 Å². The number of rotatable bonds is 3. The van der Waals surface area contributed by atoms with Crippen molar-refractivity contribution in [3.05, 3.63) is 63.8 Å².